The molecule has 3 aromatic rings. The zero-order chi connectivity index (χ0) is 16.4. The standard InChI is InChI=1S/C23H22O/c24-22-16-20-14-8-7-13-19(20)15-21(22)23(17-9-3-1-4-10-17)18-11-5-2-6-12-18/h1-6,9-12,15-16,23-24H,7-8,13-14H2. The molecule has 0 atom stereocenters. The summed E-state index contributed by atoms with van der Waals surface area (Å²) in [5.74, 6) is 0.494. The fourth-order valence-corrected chi connectivity index (χ4v) is 3.87. The lowest BCUT2D eigenvalue weighted by Gasteiger charge is -2.24. The van der Waals surface area contributed by atoms with Crippen LogP contribution in [0.25, 0.3) is 0 Å². The smallest absolute Gasteiger partial charge is 0.120 e. The Bertz CT molecular complexity index is 782. The van der Waals surface area contributed by atoms with Crippen LogP contribution >= 0.6 is 0 Å². The zero-order valence-electron chi connectivity index (χ0n) is 13.8. The summed E-state index contributed by atoms with van der Waals surface area (Å²) in [5.41, 5.74) is 6.19. The summed E-state index contributed by atoms with van der Waals surface area (Å²) in [7, 11) is 0. The van der Waals surface area contributed by atoms with Crippen molar-refractivity contribution in [1.82, 2.24) is 0 Å². The van der Waals surface area contributed by atoms with Gasteiger partial charge in [0, 0.05) is 11.5 Å². The molecule has 0 aliphatic heterocycles. The molecule has 0 heterocycles. The van der Waals surface area contributed by atoms with Gasteiger partial charge in [0.15, 0.2) is 0 Å². The van der Waals surface area contributed by atoms with E-state index in [2.05, 4.69) is 54.6 Å². The van der Waals surface area contributed by atoms with E-state index in [1.807, 2.05) is 18.2 Å². The van der Waals surface area contributed by atoms with Crippen molar-refractivity contribution in [1.29, 1.82) is 0 Å². The average Bonchev–Trinajstić information content (AvgIpc) is 2.64. The minimum atomic E-state index is 0.0691. The molecule has 0 amide bonds. The molecule has 3 aromatic carbocycles. The lowest BCUT2D eigenvalue weighted by Crippen LogP contribution is -2.08. The Balaban J connectivity index is 1.88. The quantitative estimate of drug-likeness (QED) is 0.637. The van der Waals surface area contributed by atoms with Gasteiger partial charge in [0.25, 0.3) is 0 Å². The Kier molecular flexibility index (Phi) is 4.08. The van der Waals surface area contributed by atoms with E-state index in [4.69, 9.17) is 0 Å². The molecule has 1 N–H and O–H groups in total. The van der Waals surface area contributed by atoms with Gasteiger partial charge in [-0.25, -0.2) is 0 Å². The monoisotopic (exact) mass is 314 g/mol. The van der Waals surface area contributed by atoms with Gasteiger partial charge in [-0.1, -0.05) is 66.7 Å². The molecule has 4 rings (SSSR count). The van der Waals surface area contributed by atoms with Gasteiger partial charge in [-0.05, 0) is 54.0 Å². The van der Waals surface area contributed by atoms with Crippen LogP contribution in [0.1, 0.15) is 46.6 Å². The highest BCUT2D eigenvalue weighted by molar-refractivity contribution is 5.52. The van der Waals surface area contributed by atoms with Crippen LogP contribution in [0.4, 0.5) is 0 Å². The van der Waals surface area contributed by atoms with E-state index in [0.717, 1.165) is 18.4 Å². The fraction of sp³-hybridized carbons (Fsp3) is 0.217. The number of aryl methyl sites for hydroxylation is 2. The van der Waals surface area contributed by atoms with E-state index < -0.39 is 0 Å². The van der Waals surface area contributed by atoms with Crippen molar-refractivity contribution in [2.75, 3.05) is 0 Å². The zero-order valence-corrected chi connectivity index (χ0v) is 13.8. The molecule has 0 spiro atoms. The van der Waals surface area contributed by atoms with E-state index in [1.54, 1.807) is 0 Å². The van der Waals surface area contributed by atoms with E-state index in [-0.39, 0.29) is 5.92 Å². The molecule has 0 fully saturated rings. The molecular formula is C23H22O. The third-order valence-electron chi connectivity index (χ3n) is 5.07. The minimum Gasteiger partial charge on any atom is -0.508 e. The topological polar surface area (TPSA) is 20.2 Å². The van der Waals surface area contributed by atoms with E-state index in [1.165, 1.54) is 35.1 Å². The van der Waals surface area contributed by atoms with Crippen molar-refractivity contribution in [3.05, 3.63) is 101 Å². The van der Waals surface area contributed by atoms with Crippen LogP contribution in [-0.2, 0) is 12.8 Å². The van der Waals surface area contributed by atoms with Gasteiger partial charge in [0.05, 0.1) is 0 Å². The number of phenolic OH excluding ortho intramolecular Hbond substituents is 1. The first-order chi connectivity index (χ1) is 11.8. The van der Waals surface area contributed by atoms with Crippen molar-refractivity contribution >= 4 is 0 Å². The Hall–Kier alpha value is -2.54. The summed E-state index contributed by atoms with van der Waals surface area (Å²) in [5, 5.41) is 10.8. The number of hydrogen-bond acceptors (Lipinski definition) is 1. The maximum absolute atomic E-state index is 10.8. The summed E-state index contributed by atoms with van der Waals surface area (Å²) in [6.45, 7) is 0. The first kappa shape index (κ1) is 15.0. The van der Waals surface area contributed by atoms with E-state index >= 15 is 0 Å². The summed E-state index contributed by atoms with van der Waals surface area (Å²) >= 11 is 0. The summed E-state index contributed by atoms with van der Waals surface area (Å²) in [6.07, 6.45) is 4.69. The fourth-order valence-electron chi connectivity index (χ4n) is 3.87. The second-order valence-corrected chi connectivity index (χ2v) is 6.64. The first-order valence-corrected chi connectivity index (χ1v) is 8.77. The van der Waals surface area contributed by atoms with Gasteiger partial charge in [-0.2, -0.15) is 0 Å². The average molecular weight is 314 g/mol. The van der Waals surface area contributed by atoms with Gasteiger partial charge >= 0.3 is 0 Å². The van der Waals surface area contributed by atoms with Crippen molar-refractivity contribution < 1.29 is 5.11 Å². The predicted molar refractivity (Wildman–Crippen MR) is 98.6 cm³/mol. The minimum absolute atomic E-state index is 0.0691. The maximum Gasteiger partial charge on any atom is 0.120 e. The van der Waals surface area contributed by atoms with Crippen LogP contribution in [-0.4, -0.2) is 5.11 Å². The normalized spacial score (nSPS) is 13.7. The third-order valence-corrected chi connectivity index (χ3v) is 5.07. The van der Waals surface area contributed by atoms with Crippen LogP contribution in [0.2, 0.25) is 0 Å². The highest BCUT2D eigenvalue weighted by Crippen LogP contribution is 2.39. The molecule has 0 aromatic heterocycles. The van der Waals surface area contributed by atoms with Gasteiger partial charge in [0.1, 0.15) is 5.75 Å². The lowest BCUT2D eigenvalue weighted by molar-refractivity contribution is 0.465. The van der Waals surface area contributed by atoms with Crippen LogP contribution < -0.4 is 0 Å². The Morgan fingerprint density at radius 1 is 0.667 bits per heavy atom. The van der Waals surface area contributed by atoms with Gasteiger partial charge < -0.3 is 5.11 Å². The highest BCUT2D eigenvalue weighted by atomic mass is 16.3. The molecule has 1 nitrogen and oxygen atoms in total. The second kappa shape index (κ2) is 6.52. The summed E-state index contributed by atoms with van der Waals surface area (Å²) in [4.78, 5) is 0. The summed E-state index contributed by atoms with van der Waals surface area (Å²) < 4.78 is 0. The molecule has 0 saturated carbocycles. The Morgan fingerprint density at radius 2 is 1.17 bits per heavy atom. The Morgan fingerprint density at radius 3 is 1.71 bits per heavy atom. The molecule has 1 aliphatic carbocycles. The van der Waals surface area contributed by atoms with Crippen LogP contribution in [0.15, 0.2) is 72.8 Å². The SMILES string of the molecule is Oc1cc2c(cc1C(c1ccccc1)c1ccccc1)CCCC2. The molecular weight excluding hydrogens is 292 g/mol. The van der Waals surface area contributed by atoms with Crippen LogP contribution in [0.5, 0.6) is 5.75 Å². The molecule has 0 bridgehead atoms. The van der Waals surface area contributed by atoms with Crippen molar-refractivity contribution in [3.63, 3.8) is 0 Å². The van der Waals surface area contributed by atoms with E-state index in [0.29, 0.717) is 5.75 Å². The van der Waals surface area contributed by atoms with Gasteiger partial charge in [-0.3, -0.25) is 0 Å². The molecule has 1 heteroatoms. The maximum atomic E-state index is 10.8. The Labute approximate surface area is 143 Å². The van der Waals surface area contributed by atoms with Crippen LogP contribution in [0.3, 0.4) is 0 Å². The molecule has 1 aliphatic rings. The number of fused-ring (bicyclic) bond motifs is 1. The van der Waals surface area contributed by atoms with E-state index in [9.17, 15) is 5.11 Å². The number of hydrogen-bond donors (Lipinski definition) is 1. The molecule has 120 valence electrons. The molecule has 0 saturated heterocycles. The second-order valence-electron chi connectivity index (χ2n) is 6.64. The highest BCUT2D eigenvalue weighted by Gasteiger charge is 2.22. The van der Waals surface area contributed by atoms with Gasteiger partial charge in [0.2, 0.25) is 0 Å². The molecule has 0 radical (unpaired) electrons. The van der Waals surface area contributed by atoms with Crippen LogP contribution in [0, 0.1) is 0 Å². The number of benzene rings is 3. The largest absolute Gasteiger partial charge is 0.508 e. The van der Waals surface area contributed by atoms with Crippen molar-refractivity contribution in [2.45, 2.75) is 31.6 Å². The number of aromatic hydroxyl groups is 1. The van der Waals surface area contributed by atoms with Crippen molar-refractivity contribution in [2.24, 2.45) is 0 Å². The molecule has 0 unspecified atom stereocenters. The number of rotatable bonds is 3. The lowest BCUT2D eigenvalue weighted by atomic mass is 9.81. The predicted octanol–water partition coefficient (Wildman–Crippen LogP) is 5.45. The van der Waals surface area contributed by atoms with Gasteiger partial charge in [-0.15, -0.1) is 0 Å². The third kappa shape index (κ3) is 2.82. The summed E-state index contributed by atoms with van der Waals surface area (Å²) in [6, 6.07) is 25.2. The number of phenols is 1. The van der Waals surface area contributed by atoms with Crippen molar-refractivity contribution in [3.8, 4) is 5.75 Å². The first-order valence-electron chi connectivity index (χ1n) is 8.77. The molecule has 24 heavy (non-hydrogen) atoms.